The summed E-state index contributed by atoms with van der Waals surface area (Å²) >= 11 is 1.53. The lowest BCUT2D eigenvalue weighted by Gasteiger charge is -2.44. The van der Waals surface area contributed by atoms with Crippen molar-refractivity contribution in [3.8, 4) is 0 Å². The van der Waals surface area contributed by atoms with Gasteiger partial charge in [-0.15, -0.1) is 11.3 Å². The second-order valence-corrected chi connectivity index (χ2v) is 10.9. The number of aliphatic hydroxyl groups is 1. The minimum absolute atomic E-state index is 0.0617. The molecule has 31 heavy (non-hydrogen) atoms. The molecule has 1 saturated carbocycles. The fourth-order valence-corrected chi connectivity index (χ4v) is 6.03. The summed E-state index contributed by atoms with van der Waals surface area (Å²) in [5, 5.41) is 11.6. The average molecular weight is 443 g/mol. The van der Waals surface area contributed by atoms with Crippen molar-refractivity contribution in [2.75, 3.05) is 19.6 Å². The Balaban J connectivity index is 1.56. The first kappa shape index (κ1) is 22.4. The van der Waals surface area contributed by atoms with Crippen LogP contribution in [-0.4, -0.2) is 52.6 Å². The molecule has 1 N–H and O–H groups in total. The molecule has 6 heteroatoms. The van der Waals surface area contributed by atoms with E-state index in [-0.39, 0.29) is 23.7 Å². The number of carbonyl (C=O) groups excluding carboxylic acids is 1. The van der Waals surface area contributed by atoms with Crippen LogP contribution in [0.5, 0.6) is 0 Å². The summed E-state index contributed by atoms with van der Waals surface area (Å²) in [6.07, 6.45) is 2.22. The third-order valence-corrected chi connectivity index (χ3v) is 7.34. The lowest BCUT2D eigenvalue weighted by Crippen LogP contribution is -2.52. The Morgan fingerprint density at radius 1 is 1.16 bits per heavy atom. The van der Waals surface area contributed by atoms with E-state index in [0.717, 1.165) is 34.9 Å². The highest BCUT2D eigenvalue weighted by Gasteiger charge is 2.47. The van der Waals surface area contributed by atoms with E-state index in [0.29, 0.717) is 30.3 Å². The van der Waals surface area contributed by atoms with Gasteiger partial charge in [0.2, 0.25) is 0 Å². The predicted molar refractivity (Wildman–Crippen MR) is 126 cm³/mol. The van der Waals surface area contributed by atoms with Crippen LogP contribution in [0, 0.1) is 23.7 Å². The molecular weight excluding hydrogens is 408 g/mol. The summed E-state index contributed by atoms with van der Waals surface area (Å²) in [6, 6.07) is 7.95. The smallest absolute Gasteiger partial charge is 0.175 e. The largest absolute Gasteiger partial charge is 0.496 e. The number of benzene rings is 1. The Kier molecular flexibility index (Phi) is 6.80. The first-order chi connectivity index (χ1) is 14.8. The van der Waals surface area contributed by atoms with Gasteiger partial charge in [0, 0.05) is 25.6 Å². The molecule has 4 rings (SSSR count). The topological polar surface area (TPSA) is 62.7 Å². The summed E-state index contributed by atoms with van der Waals surface area (Å²) in [4.78, 5) is 20.6. The van der Waals surface area contributed by atoms with Crippen molar-refractivity contribution in [2.45, 2.75) is 52.7 Å². The quantitative estimate of drug-likeness (QED) is 0.679. The normalized spacial score (nSPS) is 26.5. The second-order valence-electron chi connectivity index (χ2n) is 9.90. The van der Waals surface area contributed by atoms with Crippen LogP contribution in [0.25, 0.3) is 15.8 Å². The van der Waals surface area contributed by atoms with Crippen molar-refractivity contribution in [1.29, 1.82) is 0 Å². The number of para-hydroxylation sites is 1. The molecule has 1 aliphatic heterocycles. The zero-order valence-electron chi connectivity index (χ0n) is 19.0. The number of ketones is 1. The molecule has 168 valence electrons. The van der Waals surface area contributed by atoms with Crippen LogP contribution in [0.2, 0.25) is 0 Å². The summed E-state index contributed by atoms with van der Waals surface area (Å²) < 4.78 is 7.28. The summed E-state index contributed by atoms with van der Waals surface area (Å²) in [7, 11) is 0. The Morgan fingerprint density at radius 2 is 1.87 bits per heavy atom. The van der Waals surface area contributed by atoms with Crippen LogP contribution in [0.15, 0.2) is 30.5 Å². The van der Waals surface area contributed by atoms with E-state index < -0.39 is 6.10 Å². The lowest BCUT2D eigenvalue weighted by molar-refractivity contribution is -0.133. The highest BCUT2D eigenvalue weighted by Crippen LogP contribution is 2.41. The summed E-state index contributed by atoms with van der Waals surface area (Å²) in [5.74, 6) is 0.949. The van der Waals surface area contributed by atoms with Gasteiger partial charge in [0.15, 0.2) is 5.78 Å². The van der Waals surface area contributed by atoms with E-state index in [9.17, 15) is 9.90 Å². The number of rotatable bonds is 7. The van der Waals surface area contributed by atoms with Crippen molar-refractivity contribution >= 4 is 32.9 Å². The Morgan fingerprint density at radius 3 is 2.55 bits per heavy atom. The van der Waals surface area contributed by atoms with Gasteiger partial charge in [0.25, 0.3) is 0 Å². The molecule has 2 heterocycles. The maximum atomic E-state index is 13.5. The number of carbonyl (C=O) groups is 1. The van der Waals surface area contributed by atoms with Gasteiger partial charge in [0.05, 0.1) is 34.1 Å². The molecule has 1 fully saturated rings. The molecule has 4 unspecified atom stereocenters. The van der Waals surface area contributed by atoms with Crippen molar-refractivity contribution in [3.05, 3.63) is 35.5 Å². The second kappa shape index (κ2) is 9.39. The molecule has 1 aromatic heterocycles. The van der Waals surface area contributed by atoms with Crippen LogP contribution >= 0.6 is 11.3 Å². The summed E-state index contributed by atoms with van der Waals surface area (Å²) in [6.45, 7) is 11.6. The van der Waals surface area contributed by atoms with Gasteiger partial charge in [-0.25, -0.2) is 4.98 Å². The number of hydrogen-bond acceptors (Lipinski definition) is 6. The van der Waals surface area contributed by atoms with Crippen LogP contribution in [0.1, 0.15) is 45.5 Å². The van der Waals surface area contributed by atoms with Gasteiger partial charge >= 0.3 is 0 Å². The number of aliphatic hydroxyl groups excluding tert-OH is 1. The van der Waals surface area contributed by atoms with E-state index in [4.69, 9.17) is 4.74 Å². The fraction of sp³-hybridized carbons (Fsp3) is 0.600. The zero-order valence-corrected chi connectivity index (χ0v) is 19.8. The number of hydrogen-bond donors (Lipinski definition) is 1. The monoisotopic (exact) mass is 442 g/mol. The first-order valence-corrected chi connectivity index (χ1v) is 12.3. The van der Waals surface area contributed by atoms with Crippen molar-refractivity contribution in [3.63, 3.8) is 0 Å². The van der Waals surface area contributed by atoms with E-state index in [1.807, 2.05) is 24.3 Å². The highest BCUT2D eigenvalue weighted by molar-refractivity contribution is 7.19. The SMILES string of the molecule is CC(C)CN(CC(C)C)CC1C(O)CCC2C(=O)C(c3nc4ccccc4s3)=COC21. The Hall–Kier alpha value is -1.76. The number of aromatic nitrogens is 1. The number of nitrogens with zero attached hydrogens (tertiary/aromatic N) is 2. The molecule has 1 aliphatic carbocycles. The molecule has 2 aliphatic rings. The number of fused-ring (bicyclic) bond motifs is 2. The van der Waals surface area contributed by atoms with E-state index in [1.54, 1.807) is 6.26 Å². The van der Waals surface area contributed by atoms with Crippen molar-refractivity contribution in [2.24, 2.45) is 23.7 Å². The lowest BCUT2D eigenvalue weighted by atomic mass is 9.72. The molecule has 0 saturated heterocycles. The van der Waals surface area contributed by atoms with E-state index >= 15 is 0 Å². The minimum atomic E-state index is -0.437. The molecule has 4 atom stereocenters. The molecular formula is C25H34N2O3S. The van der Waals surface area contributed by atoms with Crippen LogP contribution < -0.4 is 0 Å². The predicted octanol–water partition coefficient (Wildman–Crippen LogP) is 4.61. The molecule has 5 nitrogen and oxygen atoms in total. The maximum absolute atomic E-state index is 13.5. The number of allylic oxidation sites excluding steroid dienone is 1. The minimum Gasteiger partial charge on any atom is -0.496 e. The Bertz CT molecular complexity index is 908. The number of Topliss-reactive ketones (excluding diaryl/α,β-unsaturated/α-hetero) is 1. The standard InChI is InChI=1S/C25H34N2O3S/c1-15(2)11-27(12-16(3)4)13-18-21(28)10-9-17-23(29)19(14-30-24(17)18)25-26-20-7-5-6-8-22(20)31-25/h5-8,14-18,21,24,28H,9-13H2,1-4H3. The summed E-state index contributed by atoms with van der Waals surface area (Å²) in [5.41, 5.74) is 1.49. The van der Waals surface area contributed by atoms with Crippen molar-refractivity contribution < 1.29 is 14.6 Å². The van der Waals surface area contributed by atoms with Gasteiger partial charge in [-0.3, -0.25) is 4.79 Å². The van der Waals surface area contributed by atoms with Crippen LogP contribution in [0.4, 0.5) is 0 Å². The molecule has 0 radical (unpaired) electrons. The molecule has 0 bridgehead atoms. The van der Waals surface area contributed by atoms with E-state index in [2.05, 4.69) is 37.6 Å². The third-order valence-electron chi connectivity index (χ3n) is 6.27. The van der Waals surface area contributed by atoms with Gasteiger partial charge in [-0.05, 0) is 36.8 Å². The number of thiazole rings is 1. The van der Waals surface area contributed by atoms with Gasteiger partial charge in [-0.1, -0.05) is 39.8 Å². The Labute approximate surface area is 189 Å². The molecule has 0 spiro atoms. The first-order valence-electron chi connectivity index (χ1n) is 11.5. The van der Waals surface area contributed by atoms with E-state index in [1.165, 1.54) is 11.3 Å². The van der Waals surface area contributed by atoms with Gasteiger partial charge in [-0.2, -0.15) is 0 Å². The average Bonchev–Trinajstić information content (AvgIpc) is 3.13. The van der Waals surface area contributed by atoms with Crippen LogP contribution in [-0.2, 0) is 9.53 Å². The molecule has 1 aromatic carbocycles. The zero-order chi connectivity index (χ0) is 22.1. The number of ether oxygens (including phenoxy) is 1. The van der Waals surface area contributed by atoms with Crippen LogP contribution in [0.3, 0.4) is 0 Å². The van der Waals surface area contributed by atoms with Crippen molar-refractivity contribution in [1.82, 2.24) is 9.88 Å². The third kappa shape index (κ3) is 4.86. The fourth-order valence-electron chi connectivity index (χ4n) is 5.05. The molecule has 0 amide bonds. The molecule has 2 aromatic rings. The maximum Gasteiger partial charge on any atom is 0.175 e. The van der Waals surface area contributed by atoms with Gasteiger partial charge < -0.3 is 14.7 Å². The van der Waals surface area contributed by atoms with Gasteiger partial charge in [0.1, 0.15) is 11.1 Å². The highest BCUT2D eigenvalue weighted by atomic mass is 32.1.